The minimum Gasteiger partial charge on any atom is -0.497 e. The molecule has 2 aromatic rings. The number of nitrogens with one attached hydrogen (secondary N) is 1. The van der Waals surface area contributed by atoms with Gasteiger partial charge < -0.3 is 15.2 Å². The van der Waals surface area contributed by atoms with Gasteiger partial charge in [0.25, 0.3) is 0 Å². The van der Waals surface area contributed by atoms with Crippen molar-refractivity contribution >= 4 is 23.2 Å². The van der Waals surface area contributed by atoms with Gasteiger partial charge in [-0.3, -0.25) is 9.59 Å². The van der Waals surface area contributed by atoms with Gasteiger partial charge in [0.05, 0.1) is 25.0 Å². The highest BCUT2D eigenvalue weighted by molar-refractivity contribution is 7.08. The van der Waals surface area contributed by atoms with E-state index in [1.54, 1.807) is 7.11 Å². The van der Waals surface area contributed by atoms with Crippen molar-refractivity contribution in [3.05, 3.63) is 52.2 Å². The normalized spacial score (nSPS) is 16.2. The SMILES string of the molecule is COc1ccc(C2(C(=O)NC(CC(=O)O)c3ccsc3)CC2)cc1. The number of carbonyl (C=O) groups excluding carboxylic acids is 1. The van der Waals surface area contributed by atoms with Crippen LogP contribution >= 0.6 is 11.3 Å². The van der Waals surface area contributed by atoms with E-state index in [0.717, 1.165) is 29.7 Å². The van der Waals surface area contributed by atoms with E-state index in [9.17, 15) is 9.59 Å². The monoisotopic (exact) mass is 345 g/mol. The summed E-state index contributed by atoms with van der Waals surface area (Å²) in [6.07, 6.45) is 1.42. The molecule has 3 rings (SSSR count). The van der Waals surface area contributed by atoms with Gasteiger partial charge in [-0.2, -0.15) is 11.3 Å². The van der Waals surface area contributed by atoms with Crippen LogP contribution in [0.3, 0.4) is 0 Å². The molecule has 1 amide bonds. The zero-order valence-corrected chi connectivity index (χ0v) is 14.1. The van der Waals surface area contributed by atoms with Crippen LogP contribution in [0.2, 0.25) is 0 Å². The summed E-state index contributed by atoms with van der Waals surface area (Å²) in [5, 5.41) is 15.8. The van der Waals surface area contributed by atoms with Crippen LogP contribution in [-0.4, -0.2) is 24.1 Å². The van der Waals surface area contributed by atoms with Crippen molar-refractivity contribution in [3.63, 3.8) is 0 Å². The highest BCUT2D eigenvalue weighted by atomic mass is 32.1. The molecule has 0 radical (unpaired) electrons. The molecule has 2 N–H and O–H groups in total. The van der Waals surface area contributed by atoms with Crippen LogP contribution in [0.4, 0.5) is 0 Å². The van der Waals surface area contributed by atoms with E-state index < -0.39 is 17.4 Å². The van der Waals surface area contributed by atoms with Gasteiger partial charge in [0.15, 0.2) is 0 Å². The summed E-state index contributed by atoms with van der Waals surface area (Å²) in [7, 11) is 1.60. The van der Waals surface area contributed by atoms with E-state index in [0.29, 0.717) is 0 Å². The van der Waals surface area contributed by atoms with Crippen molar-refractivity contribution in [2.75, 3.05) is 7.11 Å². The fourth-order valence-electron chi connectivity index (χ4n) is 2.88. The van der Waals surface area contributed by atoms with E-state index in [-0.39, 0.29) is 12.3 Å². The maximum absolute atomic E-state index is 12.8. The quantitative estimate of drug-likeness (QED) is 0.808. The summed E-state index contributed by atoms with van der Waals surface area (Å²) in [6.45, 7) is 0. The standard InChI is InChI=1S/C18H19NO4S/c1-23-14-4-2-13(3-5-14)18(7-8-18)17(22)19-15(10-16(20)21)12-6-9-24-11-12/h2-6,9,11,15H,7-8,10H2,1H3,(H,19,22)(H,20,21). The lowest BCUT2D eigenvalue weighted by atomic mass is 9.94. The van der Waals surface area contributed by atoms with Crippen LogP contribution in [0.25, 0.3) is 0 Å². The Morgan fingerprint density at radius 3 is 2.50 bits per heavy atom. The average molecular weight is 345 g/mol. The number of benzene rings is 1. The molecule has 1 aromatic carbocycles. The number of thiophene rings is 1. The van der Waals surface area contributed by atoms with Crippen LogP contribution in [0, 0.1) is 0 Å². The van der Waals surface area contributed by atoms with E-state index in [2.05, 4.69) is 5.32 Å². The average Bonchev–Trinajstić information content (AvgIpc) is 3.21. The number of carbonyl (C=O) groups is 2. The van der Waals surface area contributed by atoms with Crippen molar-refractivity contribution in [2.24, 2.45) is 0 Å². The Morgan fingerprint density at radius 2 is 2.00 bits per heavy atom. The number of ether oxygens (including phenoxy) is 1. The molecule has 1 atom stereocenters. The Bertz CT molecular complexity index is 720. The minimum absolute atomic E-state index is 0.106. The Balaban J connectivity index is 1.77. The predicted molar refractivity (Wildman–Crippen MR) is 91.4 cm³/mol. The highest BCUT2D eigenvalue weighted by Crippen LogP contribution is 2.49. The van der Waals surface area contributed by atoms with Gasteiger partial charge >= 0.3 is 5.97 Å². The number of carboxylic acids is 1. The Labute approximate surface area is 144 Å². The second-order valence-electron chi connectivity index (χ2n) is 5.99. The van der Waals surface area contributed by atoms with Gasteiger partial charge in [-0.05, 0) is 52.9 Å². The zero-order valence-electron chi connectivity index (χ0n) is 13.3. The van der Waals surface area contributed by atoms with Crippen LogP contribution in [0.1, 0.15) is 36.4 Å². The lowest BCUT2D eigenvalue weighted by Crippen LogP contribution is -2.38. The Morgan fingerprint density at radius 1 is 1.29 bits per heavy atom. The zero-order chi connectivity index (χ0) is 17.2. The lowest BCUT2D eigenvalue weighted by Gasteiger charge is -2.21. The smallest absolute Gasteiger partial charge is 0.305 e. The van der Waals surface area contributed by atoms with Crippen molar-refractivity contribution < 1.29 is 19.4 Å². The van der Waals surface area contributed by atoms with Gasteiger partial charge in [-0.15, -0.1) is 0 Å². The van der Waals surface area contributed by atoms with Crippen molar-refractivity contribution in [3.8, 4) is 5.75 Å². The molecule has 5 nitrogen and oxygen atoms in total. The molecule has 24 heavy (non-hydrogen) atoms. The molecular weight excluding hydrogens is 326 g/mol. The molecule has 1 fully saturated rings. The van der Waals surface area contributed by atoms with Crippen molar-refractivity contribution in [1.29, 1.82) is 0 Å². The van der Waals surface area contributed by atoms with Crippen molar-refractivity contribution in [1.82, 2.24) is 5.32 Å². The fourth-order valence-corrected chi connectivity index (χ4v) is 3.59. The van der Waals surface area contributed by atoms with Crippen LogP contribution in [-0.2, 0) is 15.0 Å². The van der Waals surface area contributed by atoms with Gasteiger partial charge in [0.1, 0.15) is 5.75 Å². The highest BCUT2D eigenvalue weighted by Gasteiger charge is 2.51. The number of hydrogen-bond acceptors (Lipinski definition) is 4. The van der Waals surface area contributed by atoms with E-state index in [4.69, 9.17) is 9.84 Å². The number of amides is 1. The Hall–Kier alpha value is -2.34. The maximum Gasteiger partial charge on any atom is 0.305 e. The summed E-state index contributed by atoms with van der Waals surface area (Å²) in [5.41, 5.74) is 1.24. The van der Waals surface area contributed by atoms with Gasteiger partial charge in [0.2, 0.25) is 5.91 Å². The molecule has 1 unspecified atom stereocenters. The van der Waals surface area contributed by atoms with Gasteiger partial charge in [-0.1, -0.05) is 12.1 Å². The summed E-state index contributed by atoms with van der Waals surface area (Å²) < 4.78 is 5.16. The molecule has 0 bridgehead atoms. The molecule has 0 aliphatic heterocycles. The van der Waals surface area contributed by atoms with Crippen molar-refractivity contribution in [2.45, 2.75) is 30.7 Å². The number of methoxy groups -OCH3 is 1. The van der Waals surface area contributed by atoms with E-state index in [1.165, 1.54) is 11.3 Å². The molecule has 1 aliphatic carbocycles. The van der Waals surface area contributed by atoms with Crippen LogP contribution in [0.5, 0.6) is 5.75 Å². The molecule has 1 aliphatic rings. The predicted octanol–water partition coefficient (Wildman–Crippen LogP) is 3.12. The number of aliphatic carboxylic acids is 1. The summed E-state index contributed by atoms with van der Waals surface area (Å²) >= 11 is 1.49. The number of hydrogen-bond donors (Lipinski definition) is 2. The first kappa shape index (κ1) is 16.5. The molecular formula is C18H19NO4S. The molecule has 1 heterocycles. The summed E-state index contributed by atoms with van der Waals surface area (Å²) in [6, 6.07) is 8.85. The molecule has 6 heteroatoms. The third kappa shape index (κ3) is 3.28. The fraction of sp³-hybridized carbons (Fsp3) is 0.333. The summed E-state index contributed by atoms with van der Waals surface area (Å²) in [5.74, 6) is -0.289. The number of carboxylic acid groups (broad SMARTS) is 1. The van der Waals surface area contributed by atoms with E-state index >= 15 is 0 Å². The van der Waals surface area contributed by atoms with Crippen LogP contribution in [0.15, 0.2) is 41.1 Å². The number of rotatable bonds is 7. The molecule has 0 spiro atoms. The molecule has 0 saturated heterocycles. The third-order valence-corrected chi connectivity index (χ3v) is 5.16. The molecule has 1 aromatic heterocycles. The largest absolute Gasteiger partial charge is 0.497 e. The second-order valence-corrected chi connectivity index (χ2v) is 6.77. The van der Waals surface area contributed by atoms with E-state index in [1.807, 2.05) is 41.1 Å². The molecule has 1 saturated carbocycles. The summed E-state index contributed by atoms with van der Waals surface area (Å²) in [4.78, 5) is 24.0. The first-order valence-corrected chi connectivity index (χ1v) is 8.69. The van der Waals surface area contributed by atoms with Gasteiger partial charge in [0, 0.05) is 0 Å². The topological polar surface area (TPSA) is 75.6 Å². The molecule has 126 valence electrons. The van der Waals surface area contributed by atoms with Crippen LogP contribution < -0.4 is 10.1 Å². The minimum atomic E-state index is -0.930. The van der Waals surface area contributed by atoms with Gasteiger partial charge in [-0.25, -0.2) is 0 Å². The third-order valence-electron chi connectivity index (χ3n) is 4.46. The Kier molecular flexibility index (Phi) is 4.57. The lowest BCUT2D eigenvalue weighted by molar-refractivity contribution is -0.137. The first-order valence-electron chi connectivity index (χ1n) is 7.74. The maximum atomic E-state index is 12.8. The first-order chi connectivity index (χ1) is 11.5. The second kappa shape index (κ2) is 6.65.